The van der Waals surface area contributed by atoms with Crippen LogP contribution in [0.4, 0.5) is 0 Å². The Morgan fingerprint density at radius 1 is 0.551 bits per heavy atom. The summed E-state index contributed by atoms with van der Waals surface area (Å²) in [5.74, 6) is -0.492. The van der Waals surface area contributed by atoms with Gasteiger partial charge in [0.1, 0.15) is 16.6 Å². The minimum Gasteiger partial charge on any atom is -0.378 e. The molecular weight excluding hydrogens is 608 g/mol. The molecule has 4 aromatic carbocycles. The Morgan fingerprint density at radius 3 is 1.06 bits per heavy atom. The zero-order chi connectivity index (χ0) is 35.1. The summed E-state index contributed by atoms with van der Waals surface area (Å²) in [5, 5.41) is 32.0. The molecule has 4 aromatic rings. The van der Waals surface area contributed by atoms with E-state index in [2.05, 4.69) is 38.3 Å². The summed E-state index contributed by atoms with van der Waals surface area (Å²) >= 11 is 0. The Kier molecular flexibility index (Phi) is 11.4. The Bertz CT molecular complexity index is 1440. The summed E-state index contributed by atoms with van der Waals surface area (Å²) in [6, 6.07) is 36.4. The molecule has 2 amide bonds. The lowest BCUT2D eigenvalue weighted by atomic mass is 9.75. The zero-order valence-electron chi connectivity index (χ0n) is 29.3. The maximum absolute atomic E-state index is 14.8. The van der Waals surface area contributed by atoms with E-state index >= 15 is 0 Å². The number of hydrogen-bond donors (Lipinski definition) is 4. The molecule has 0 spiro atoms. The van der Waals surface area contributed by atoms with Crippen molar-refractivity contribution < 1.29 is 19.8 Å². The van der Waals surface area contributed by atoms with Crippen LogP contribution in [0.15, 0.2) is 121 Å². The van der Waals surface area contributed by atoms with Gasteiger partial charge in [-0.15, -0.1) is 0 Å². The highest BCUT2D eigenvalue weighted by Crippen LogP contribution is 2.43. The van der Waals surface area contributed by atoms with Gasteiger partial charge < -0.3 is 20.8 Å². The number of carbonyl (C=O) groups excluding carboxylic acids is 2. The van der Waals surface area contributed by atoms with E-state index in [1.807, 2.05) is 121 Å². The second kappa shape index (κ2) is 15.5. The van der Waals surface area contributed by atoms with Crippen LogP contribution in [0.1, 0.15) is 88.5 Å². The Balaban J connectivity index is 1.54. The molecule has 0 radical (unpaired) electrons. The van der Waals surface area contributed by atoms with Crippen molar-refractivity contribution >= 4 is 11.8 Å². The van der Waals surface area contributed by atoms with Gasteiger partial charge in [-0.3, -0.25) is 9.59 Å². The highest BCUT2D eigenvalue weighted by atomic mass is 16.3. The predicted molar refractivity (Wildman–Crippen MR) is 195 cm³/mol. The Morgan fingerprint density at radius 2 is 0.816 bits per heavy atom. The van der Waals surface area contributed by atoms with Crippen molar-refractivity contribution in [3.8, 4) is 0 Å². The lowest BCUT2D eigenvalue weighted by Crippen LogP contribution is -2.61. The van der Waals surface area contributed by atoms with Gasteiger partial charge in [0.05, 0.1) is 12.1 Å². The number of rotatable bonds is 14. The maximum Gasteiger partial charge on any atom is 0.236 e. The summed E-state index contributed by atoms with van der Waals surface area (Å²) < 4.78 is 0. The summed E-state index contributed by atoms with van der Waals surface area (Å²) in [4.78, 5) is 29.5. The van der Waals surface area contributed by atoms with Crippen LogP contribution in [0, 0.1) is 17.3 Å². The van der Waals surface area contributed by atoms with Crippen molar-refractivity contribution in [3.63, 3.8) is 0 Å². The fourth-order valence-corrected chi connectivity index (χ4v) is 7.65. The fraction of sp³-hybridized carbons (Fsp3) is 0.395. The van der Waals surface area contributed by atoms with Crippen LogP contribution >= 0.6 is 0 Å². The monoisotopic (exact) mass is 660 g/mol. The van der Waals surface area contributed by atoms with Crippen LogP contribution in [-0.2, 0) is 20.8 Å². The first-order valence-corrected chi connectivity index (χ1v) is 17.8. The highest BCUT2D eigenvalue weighted by Gasteiger charge is 2.52. The van der Waals surface area contributed by atoms with E-state index in [1.54, 1.807) is 0 Å². The number of carbonyl (C=O) groups is 2. The number of nitrogens with one attached hydrogen (secondary N) is 2. The number of hydrogen-bond acceptors (Lipinski definition) is 4. The van der Waals surface area contributed by atoms with Crippen LogP contribution < -0.4 is 10.6 Å². The average Bonchev–Trinajstić information content (AvgIpc) is 3.63. The molecule has 1 fully saturated rings. The molecule has 258 valence electrons. The maximum atomic E-state index is 14.8. The van der Waals surface area contributed by atoms with Crippen molar-refractivity contribution in [2.75, 3.05) is 0 Å². The first-order chi connectivity index (χ1) is 23.5. The van der Waals surface area contributed by atoms with Gasteiger partial charge in [-0.1, -0.05) is 162 Å². The molecule has 6 nitrogen and oxygen atoms in total. The smallest absolute Gasteiger partial charge is 0.236 e. The van der Waals surface area contributed by atoms with Gasteiger partial charge in [0.2, 0.25) is 11.8 Å². The minimum atomic E-state index is -1.54. The van der Waals surface area contributed by atoms with Crippen molar-refractivity contribution in [1.82, 2.24) is 10.6 Å². The first-order valence-electron chi connectivity index (χ1n) is 17.8. The quantitative estimate of drug-likeness (QED) is 0.105. The topological polar surface area (TPSA) is 98.7 Å². The lowest BCUT2D eigenvalue weighted by Gasteiger charge is -2.42. The molecule has 1 aliphatic carbocycles. The molecular formula is C43H52N2O4. The lowest BCUT2D eigenvalue weighted by molar-refractivity contribution is -0.146. The average molecular weight is 661 g/mol. The summed E-state index contributed by atoms with van der Waals surface area (Å²) in [7, 11) is 0. The van der Waals surface area contributed by atoms with Crippen LogP contribution in [0.3, 0.4) is 0 Å². The molecule has 0 heterocycles. The third kappa shape index (κ3) is 7.51. The molecule has 0 saturated heterocycles. The summed E-state index contributed by atoms with van der Waals surface area (Å²) in [6.45, 7) is 8.27. The van der Waals surface area contributed by atoms with Gasteiger partial charge in [0, 0.05) is 0 Å². The third-order valence-electron chi connectivity index (χ3n) is 10.2. The largest absolute Gasteiger partial charge is 0.378 e. The van der Waals surface area contributed by atoms with Crippen LogP contribution in [0.25, 0.3) is 0 Å². The predicted octanol–water partition coefficient (Wildman–Crippen LogP) is 7.48. The minimum absolute atomic E-state index is 0.139. The number of aliphatic hydroxyl groups is 2. The van der Waals surface area contributed by atoms with Gasteiger partial charge >= 0.3 is 0 Å². The van der Waals surface area contributed by atoms with Crippen LogP contribution in [0.5, 0.6) is 0 Å². The SMILES string of the molecule is CC(C)C[C@@H](NC(=O)C1(C(=O)N[C@H](CC(C)C)C(O)(c2ccccc2)c2ccccc2)CCCC1)C(O)(c1ccccc1)c1ccccc1. The van der Waals surface area contributed by atoms with E-state index in [0.717, 1.165) is 12.8 Å². The fourth-order valence-electron chi connectivity index (χ4n) is 7.65. The van der Waals surface area contributed by atoms with Crippen molar-refractivity contribution in [1.29, 1.82) is 0 Å². The second-order valence-electron chi connectivity index (χ2n) is 14.6. The van der Waals surface area contributed by atoms with Crippen molar-refractivity contribution in [2.24, 2.45) is 17.3 Å². The first kappa shape index (κ1) is 36.0. The summed E-state index contributed by atoms with van der Waals surface area (Å²) in [6.07, 6.45) is 3.21. The molecule has 0 aromatic heterocycles. The Labute approximate surface area is 292 Å². The molecule has 49 heavy (non-hydrogen) atoms. The van der Waals surface area contributed by atoms with Gasteiger partial charge in [-0.05, 0) is 59.8 Å². The molecule has 0 bridgehead atoms. The number of benzene rings is 4. The Hall–Kier alpha value is -4.26. The molecule has 1 saturated carbocycles. The van der Waals surface area contributed by atoms with Crippen molar-refractivity contribution in [2.45, 2.75) is 89.5 Å². The molecule has 5 rings (SSSR count). The van der Waals surface area contributed by atoms with Gasteiger partial charge in [0.15, 0.2) is 0 Å². The molecule has 2 atom stereocenters. The molecule has 0 aliphatic heterocycles. The zero-order valence-corrected chi connectivity index (χ0v) is 29.3. The van der Waals surface area contributed by atoms with E-state index < -0.39 is 28.7 Å². The van der Waals surface area contributed by atoms with Gasteiger partial charge in [0.25, 0.3) is 0 Å². The standard InChI is InChI=1S/C43H52N2O4/c1-31(2)29-37(42(48,33-19-9-5-10-20-33)34-21-11-6-12-22-34)44-39(46)41(27-17-18-28-41)40(47)45-38(30-32(3)4)43(49,35-23-13-7-14-24-35)36-25-15-8-16-26-36/h5-16,19-26,31-32,37-38,48-49H,17-18,27-30H2,1-4H3,(H,44,46)(H,45,47)/t37-,38-/m1/s1. The van der Waals surface area contributed by atoms with E-state index in [1.165, 1.54) is 0 Å². The van der Waals surface area contributed by atoms with Crippen molar-refractivity contribution in [3.05, 3.63) is 144 Å². The molecule has 0 unspecified atom stereocenters. The van der Waals surface area contributed by atoms with Gasteiger partial charge in [-0.25, -0.2) is 0 Å². The van der Waals surface area contributed by atoms with E-state index in [-0.39, 0.29) is 23.7 Å². The van der Waals surface area contributed by atoms with E-state index in [9.17, 15) is 19.8 Å². The summed E-state index contributed by atoms with van der Waals surface area (Å²) in [5.41, 5.74) is -1.75. The number of amides is 2. The van der Waals surface area contributed by atoms with Crippen LogP contribution in [0.2, 0.25) is 0 Å². The van der Waals surface area contributed by atoms with Crippen LogP contribution in [-0.4, -0.2) is 34.1 Å². The second-order valence-corrected chi connectivity index (χ2v) is 14.6. The molecule has 1 aliphatic rings. The van der Waals surface area contributed by atoms with E-state index in [4.69, 9.17) is 0 Å². The molecule has 4 N–H and O–H groups in total. The molecule has 6 heteroatoms. The normalized spacial score (nSPS) is 15.9. The third-order valence-corrected chi connectivity index (χ3v) is 10.2. The van der Waals surface area contributed by atoms with Gasteiger partial charge in [-0.2, -0.15) is 0 Å². The highest BCUT2D eigenvalue weighted by molar-refractivity contribution is 6.05. The van der Waals surface area contributed by atoms with E-state index in [0.29, 0.717) is 47.9 Å².